The van der Waals surface area contributed by atoms with E-state index in [1.165, 1.54) is 6.21 Å². The molecule has 0 unspecified atom stereocenters. The second-order valence-corrected chi connectivity index (χ2v) is 11.3. The van der Waals surface area contributed by atoms with Crippen LogP contribution in [0.4, 0.5) is 5.69 Å². The van der Waals surface area contributed by atoms with Crippen LogP contribution >= 0.6 is 27.5 Å². The molecule has 0 aliphatic carbocycles. The molecule has 0 bridgehead atoms. The Hall–Kier alpha value is -4.93. The third-order valence-corrected chi connectivity index (χ3v) is 7.73. The molecular formula is C36H34BrClN4O5. The van der Waals surface area contributed by atoms with Crippen LogP contribution in [0.2, 0.25) is 5.02 Å². The Morgan fingerprint density at radius 1 is 0.872 bits per heavy atom. The van der Waals surface area contributed by atoms with Gasteiger partial charge in [-0.15, -0.1) is 0 Å². The summed E-state index contributed by atoms with van der Waals surface area (Å²) in [6, 6.07) is 25.9. The van der Waals surface area contributed by atoms with Gasteiger partial charge in [-0.3, -0.25) is 9.59 Å². The van der Waals surface area contributed by atoms with E-state index in [4.69, 9.17) is 21.1 Å². The molecule has 0 saturated carbocycles. The Labute approximate surface area is 287 Å². The number of hydrogen-bond acceptors (Lipinski definition) is 7. The van der Waals surface area contributed by atoms with Crippen molar-refractivity contribution < 1.29 is 23.9 Å². The molecule has 242 valence electrons. The average molecular weight is 718 g/mol. The topological polar surface area (TPSA) is 109 Å². The van der Waals surface area contributed by atoms with E-state index >= 15 is 0 Å². The molecule has 2 N–H and O–H groups in total. The molecule has 9 nitrogen and oxygen atoms in total. The number of ether oxygens (including phenoxy) is 2. The van der Waals surface area contributed by atoms with Gasteiger partial charge in [0.25, 0.3) is 11.8 Å². The Morgan fingerprint density at radius 3 is 2.21 bits per heavy atom. The first kappa shape index (κ1) is 34.9. The lowest BCUT2D eigenvalue weighted by atomic mass is 10.1. The maximum Gasteiger partial charge on any atom is 0.343 e. The van der Waals surface area contributed by atoms with E-state index in [2.05, 4.69) is 50.5 Å². The molecule has 4 aromatic rings. The monoisotopic (exact) mass is 716 g/mol. The van der Waals surface area contributed by atoms with E-state index < -0.39 is 17.8 Å². The zero-order chi connectivity index (χ0) is 33.8. The van der Waals surface area contributed by atoms with Crippen LogP contribution in [-0.4, -0.2) is 43.7 Å². The Kier molecular flexibility index (Phi) is 12.7. The minimum absolute atomic E-state index is 0.0344. The van der Waals surface area contributed by atoms with Crippen LogP contribution in [0.1, 0.15) is 52.6 Å². The van der Waals surface area contributed by atoms with Crippen LogP contribution in [0.15, 0.2) is 106 Å². The summed E-state index contributed by atoms with van der Waals surface area (Å²) in [6.07, 6.45) is 2.97. The minimum Gasteiger partial charge on any atom is -0.490 e. The summed E-state index contributed by atoms with van der Waals surface area (Å²) in [5, 5.41) is 7.01. The normalized spacial score (nSPS) is 11.2. The van der Waals surface area contributed by atoms with E-state index in [9.17, 15) is 14.4 Å². The van der Waals surface area contributed by atoms with Gasteiger partial charge in [-0.2, -0.15) is 5.10 Å². The first-order chi connectivity index (χ1) is 22.7. The van der Waals surface area contributed by atoms with E-state index in [0.717, 1.165) is 23.2 Å². The van der Waals surface area contributed by atoms with Crippen molar-refractivity contribution in [3.63, 3.8) is 0 Å². The van der Waals surface area contributed by atoms with E-state index in [0.29, 0.717) is 29.0 Å². The molecule has 0 aliphatic heterocycles. The fourth-order valence-corrected chi connectivity index (χ4v) is 4.94. The fraction of sp³-hybridized carbons (Fsp3) is 0.167. The van der Waals surface area contributed by atoms with Crippen molar-refractivity contribution >= 4 is 63.3 Å². The van der Waals surface area contributed by atoms with Crippen molar-refractivity contribution in [3.05, 3.63) is 128 Å². The highest BCUT2D eigenvalue weighted by Crippen LogP contribution is 2.29. The smallest absolute Gasteiger partial charge is 0.343 e. The van der Waals surface area contributed by atoms with Gasteiger partial charge in [0, 0.05) is 23.2 Å². The summed E-state index contributed by atoms with van der Waals surface area (Å²) in [6.45, 7) is 8.01. The van der Waals surface area contributed by atoms with Crippen molar-refractivity contribution in [1.29, 1.82) is 0 Å². The van der Waals surface area contributed by atoms with Gasteiger partial charge in [0.2, 0.25) is 0 Å². The first-order valence-electron chi connectivity index (χ1n) is 14.9. The Bertz CT molecular complexity index is 1770. The van der Waals surface area contributed by atoms with Gasteiger partial charge in [0.05, 0.1) is 29.0 Å². The summed E-state index contributed by atoms with van der Waals surface area (Å²) in [4.78, 5) is 41.3. The van der Waals surface area contributed by atoms with Gasteiger partial charge < -0.3 is 19.7 Å². The molecule has 0 atom stereocenters. The third-order valence-electron chi connectivity index (χ3n) is 6.87. The predicted molar refractivity (Wildman–Crippen MR) is 189 cm³/mol. The molecule has 47 heavy (non-hydrogen) atoms. The van der Waals surface area contributed by atoms with Gasteiger partial charge in [-0.1, -0.05) is 51.8 Å². The van der Waals surface area contributed by atoms with Crippen molar-refractivity contribution in [2.45, 2.75) is 20.8 Å². The lowest BCUT2D eigenvalue weighted by Crippen LogP contribution is -2.33. The van der Waals surface area contributed by atoms with Crippen molar-refractivity contribution in [2.24, 2.45) is 5.10 Å². The van der Waals surface area contributed by atoms with Crippen LogP contribution in [0.5, 0.6) is 11.5 Å². The largest absolute Gasteiger partial charge is 0.490 e. The summed E-state index contributed by atoms with van der Waals surface area (Å²) in [7, 11) is 0. The number of hydrogen-bond donors (Lipinski definition) is 2. The summed E-state index contributed by atoms with van der Waals surface area (Å²) in [5.74, 6) is -1.17. The number of hydrazone groups is 1. The lowest BCUT2D eigenvalue weighted by Gasteiger charge is -2.21. The first-order valence-corrected chi connectivity index (χ1v) is 16.1. The highest BCUT2D eigenvalue weighted by atomic mass is 79.9. The summed E-state index contributed by atoms with van der Waals surface area (Å²) in [5.41, 5.74) is 5.35. The number of nitrogens with one attached hydrogen (secondary N) is 2. The van der Waals surface area contributed by atoms with E-state index in [1.54, 1.807) is 72.8 Å². The van der Waals surface area contributed by atoms with Crippen LogP contribution in [0.25, 0.3) is 6.08 Å². The number of anilines is 1. The second kappa shape index (κ2) is 17.1. The highest BCUT2D eigenvalue weighted by molar-refractivity contribution is 9.10. The van der Waals surface area contributed by atoms with Gasteiger partial charge in [-0.05, 0) is 105 Å². The van der Waals surface area contributed by atoms with Crippen LogP contribution in [0, 0.1) is 0 Å². The van der Waals surface area contributed by atoms with E-state index in [1.807, 2.05) is 31.2 Å². The molecule has 0 aliphatic rings. The molecule has 0 fully saturated rings. The Morgan fingerprint density at radius 2 is 1.55 bits per heavy atom. The van der Waals surface area contributed by atoms with Crippen LogP contribution in [0.3, 0.4) is 0 Å². The Balaban J connectivity index is 1.53. The molecule has 4 aromatic carbocycles. The maximum atomic E-state index is 13.3. The molecule has 11 heteroatoms. The molecular weight excluding hydrogens is 684 g/mol. The van der Waals surface area contributed by atoms with Gasteiger partial charge in [-0.25, -0.2) is 10.2 Å². The number of nitrogens with zero attached hydrogens (tertiary/aromatic N) is 2. The molecule has 4 rings (SSSR count). The summed E-state index contributed by atoms with van der Waals surface area (Å²) >= 11 is 9.58. The number of halogens is 2. The quantitative estimate of drug-likeness (QED) is 0.0488. The lowest BCUT2D eigenvalue weighted by molar-refractivity contribution is -0.117. The fourth-order valence-electron chi connectivity index (χ4n) is 4.46. The standard InChI is InChI=1S/C36H34BrClN4O5/c1-4-42(5-2)28-18-11-24(12-19-28)21-31(40-34(43)29-9-7-8-10-30(29)38)35(44)41-39-23-25-13-20-32(33(22-25)46-6-3)47-36(45)26-14-16-27(37)17-15-26/h7-23H,4-6H2,1-3H3,(H,40,43)(H,41,44)/b31-21+,39-23-. The number of carbonyl (C=O) groups is 3. The molecule has 2 amide bonds. The molecule has 0 spiro atoms. The van der Waals surface area contributed by atoms with Gasteiger partial charge in [0.1, 0.15) is 5.70 Å². The number of amides is 2. The average Bonchev–Trinajstić information content (AvgIpc) is 3.07. The number of rotatable bonds is 13. The van der Waals surface area contributed by atoms with Crippen LogP contribution < -0.4 is 25.1 Å². The third kappa shape index (κ3) is 9.78. The molecule has 0 heterocycles. The number of carbonyl (C=O) groups excluding carboxylic acids is 3. The zero-order valence-electron chi connectivity index (χ0n) is 26.1. The van der Waals surface area contributed by atoms with Gasteiger partial charge in [0.15, 0.2) is 11.5 Å². The molecule has 0 saturated heterocycles. The van der Waals surface area contributed by atoms with Crippen molar-refractivity contribution in [3.8, 4) is 11.5 Å². The number of benzene rings is 4. The molecule has 0 radical (unpaired) electrons. The highest BCUT2D eigenvalue weighted by Gasteiger charge is 2.17. The van der Waals surface area contributed by atoms with Gasteiger partial charge >= 0.3 is 5.97 Å². The predicted octanol–water partition coefficient (Wildman–Crippen LogP) is 7.49. The maximum absolute atomic E-state index is 13.3. The minimum atomic E-state index is -0.653. The van der Waals surface area contributed by atoms with Crippen LogP contribution in [-0.2, 0) is 4.79 Å². The van der Waals surface area contributed by atoms with E-state index in [-0.39, 0.29) is 22.0 Å². The SMILES string of the molecule is CCOc1cc(/C=N\NC(=O)/C(=C\c2ccc(N(CC)CC)cc2)NC(=O)c2ccccc2Cl)ccc1OC(=O)c1ccc(Br)cc1. The number of esters is 1. The van der Waals surface area contributed by atoms with Crippen molar-refractivity contribution in [2.75, 3.05) is 24.6 Å². The second-order valence-electron chi connectivity index (χ2n) is 9.99. The molecule has 0 aromatic heterocycles. The zero-order valence-corrected chi connectivity index (χ0v) is 28.5. The van der Waals surface area contributed by atoms with Crippen molar-refractivity contribution in [1.82, 2.24) is 10.7 Å². The summed E-state index contributed by atoms with van der Waals surface area (Å²) < 4.78 is 12.1.